The zero-order valence-electron chi connectivity index (χ0n) is 9.25. The summed E-state index contributed by atoms with van der Waals surface area (Å²) in [6.45, 7) is 1.25. The molecule has 0 aromatic heterocycles. The fraction of sp³-hybridized carbons (Fsp3) is 0.182. The first-order valence-corrected chi connectivity index (χ1v) is 4.87. The molecule has 6 nitrogen and oxygen atoms in total. The van der Waals surface area contributed by atoms with Gasteiger partial charge in [0, 0.05) is 0 Å². The van der Waals surface area contributed by atoms with E-state index in [4.69, 9.17) is 5.21 Å². The van der Waals surface area contributed by atoms with Crippen molar-refractivity contribution in [1.82, 2.24) is 5.32 Å². The molecule has 0 aliphatic rings. The second kappa shape index (κ2) is 6.26. The van der Waals surface area contributed by atoms with Crippen LogP contribution in [0.5, 0.6) is 0 Å². The molecule has 0 atom stereocenters. The van der Waals surface area contributed by atoms with Crippen molar-refractivity contribution in [1.29, 1.82) is 0 Å². The summed E-state index contributed by atoms with van der Waals surface area (Å²) in [6, 6.07) is 8.08. The molecule has 0 unspecified atom stereocenters. The van der Waals surface area contributed by atoms with Crippen LogP contribution in [0.25, 0.3) is 0 Å². The number of amidine groups is 1. The number of anilines is 1. The molecule has 0 bridgehead atoms. The van der Waals surface area contributed by atoms with Gasteiger partial charge in [0.05, 0.1) is 12.2 Å². The molecule has 0 aliphatic carbocycles. The van der Waals surface area contributed by atoms with E-state index in [1.165, 1.54) is 6.92 Å². The minimum Gasteiger partial charge on any atom is -0.409 e. The Morgan fingerprint density at radius 3 is 2.65 bits per heavy atom. The molecule has 0 heterocycles. The molecule has 17 heavy (non-hydrogen) atoms. The molecule has 6 heteroatoms. The highest BCUT2D eigenvalue weighted by atomic mass is 16.4. The first-order chi connectivity index (χ1) is 8.20. The lowest BCUT2D eigenvalue weighted by atomic mass is 10.3. The number of nitrogens with one attached hydrogen (secondary N) is 1. The number of amides is 2. The molecule has 2 N–H and O–H groups in total. The van der Waals surface area contributed by atoms with Gasteiger partial charge in [0.2, 0.25) is 6.29 Å². The van der Waals surface area contributed by atoms with Crippen molar-refractivity contribution in [3.05, 3.63) is 30.3 Å². The smallest absolute Gasteiger partial charge is 0.327 e. The van der Waals surface area contributed by atoms with Gasteiger partial charge in [0.15, 0.2) is 5.84 Å². The zero-order chi connectivity index (χ0) is 12.7. The average Bonchev–Trinajstić information content (AvgIpc) is 2.37. The van der Waals surface area contributed by atoms with E-state index in [9.17, 15) is 9.59 Å². The van der Waals surface area contributed by atoms with Crippen LogP contribution in [0, 0.1) is 0 Å². The monoisotopic (exact) mass is 234 g/mol. The molecule has 1 aromatic carbocycles. The Hall–Kier alpha value is -2.37. The Balaban J connectivity index is 2.97. The summed E-state index contributed by atoms with van der Waals surface area (Å²) in [6.07, 6.45) is 1.55. The zero-order valence-corrected chi connectivity index (χ0v) is 9.25. The van der Waals surface area contributed by atoms with Crippen LogP contribution in [-0.4, -0.2) is 29.9 Å². The van der Waals surface area contributed by atoms with Crippen LogP contribution in [0.3, 0.4) is 0 Å². The molecule has 1 aromatic rings. The van der Waals surface area contributed by atoms with Gasteiger partial charge >= 0.3 is 6.03 Å². The van der Waals surface area contributed by atoms with Gasteiger partial charge in [-0.15, -0.1) is 0 Å². The predicted octanol–water partition coefficient (Wildman–Crippen LogP) is 1.12. The third-order valence-corrected chi connectivity index (χ3v) is 2.00. The fourth-order valence-corrected chi connectivity index (χ4v) is 1.26. The van der Waals surface area contributed by atoms with Crippen molar-refractivity contribution in [3.63, 3.8) is 0 Å². The van der Waals surface area contributed by atoms with E-state index in [2.05, 4.69) is 10.5 Å². The standard InChI is InChI=1S/C11H12N3O3/c1-9(13-17)14(11(16)12-7-8-15)10-5-3-2-4-6-10/h2-6,17H,7H2,1H3,(H,12,16)/b13-9+. The van der Waals surface area contributed by atoms with Crippen molar-refractivity contribution in [2.24, 2.45) is 5.16 Å². The highest BCUT2D eigenvalue weighted by Crippen LogP contribution is 2.13. The minimum absolute atomic E-state index is 0.0969. The molecule has 1 rings (SSSR count). The quantitative estimate of drug-likeness (QED) is 0.356. The van der Waals surface area contributed by atoms with E-state index < -0.39 is 6.03 Å². The summed E-state index contributed by atoms with van der Waals surface area (Å²) in [4.78, 5) is 23.0. The van der Waals surface area contributed by atoms with Crippen molar-refractivity contribution in [2.45, 2.75) is 6.92 Å². The Labute approximate surface area is 98.5 Å². The van der Waals surface area contributed by atoms with Gasteiger partial charge in [-0.1, -0.05) is 23.4 Å². The molecule has 0 aliphatic heterocycles. The van der Waals surface area contributed by atoms with Gasteiger partial charge in [0.1, 0.15) is 0 Å². The number of benzene rings is 1. The fourth-order valence-electron chi connectivity index (χ4n) is 1.26. The first kappa shape index (κ1) is 12.7. The highest BCUT2D eigenvalue weighted by molar-refractivity contribution is 6.15. The number of rotatable bonds is 3. The second-order valence-corrected chi connectivity index (χ2v) is 3.12. The third-order valence-electron chi connectivity index (χ3n) is 2.00. The van der Waals surface area contributed by atoms with Crippen LogP contribution in [0.1, 0.15) is 6.92 Å². The number of para-hydroxylation sites is 1. The predicted molar refractivity (Wildman–Crippen MR) is 62.9 cm³/mol. The van der Waals surface area contributed by atoms with E-state index in [-0.39, 0.29) is 12.4 Å². The lowest BCUT2D eigenvalue weighted by Crippen LogP contribution is -2.43. The summed E-state index contributed by atoms with van der Waals surface area (Å²) in [5.74, 6) is 0.0969. The molecule has 0 saturated heterocycles. The molecule has 0 saturated carbocycles. The average molecular weight is 234 g/mol. The number of carbonyl (C=O) groups excluding carboxylic acids is 2. The number of carbonyl (C=O) groups is 1. The summed E-state index contributed by atoms with van der Waals surface area (Å²) >= 11 is 0. The molecular weight excluding hydrogens is 222 g/mol. The van der Waals surface area contributed by atoms with Crippen LogP contribution in [0.4, 0.5) is 10.5 Å². The maximum Gasteiger partial charge on any atom is 0.327 e. The maximum absolute atomic E-state index is 11.7. The third kappa shape index (κ3) is 3.30. The molecule has 1 radical (unpaired) electrons. The Morgan fingerprint density at radius 2 is 2.12 bits per heavy atom. The molecule has 2 amide bonds. The van der Waals surface area contributed by atoms with E-state index >= 15 is 0 Å². The van der Waals surface area contributed by atoms with Crippen molar-refractivity contribution < 1.29 is 14.8 Å². The molecule has 0 spiro atoms. The number of hydrogen-bond acceptors (Lipinski definition) is 4. The van der Waals surface area contributed by atoms with Gasteiger partial charge in [-0.05, 0) is 19.1 Å². The van der Waals surface area contributed by atoms with Crippen LogP contribution in [-0.2, 0) is 4.79 Å². The summed E-state index contributed by atoms with van der Waals surface area (Å²) in [5.41, 5.74) is 0.534. The van der Waals surface area contributed by atoms with Crippen LogP contribution < -0.4 is 10.2 Å². The van der Waals surface area contributed by atoms with Gasteiger partial charge < -0.3 is 10.5 Å². The minimum atomic E-state index is -0.560. The van der Waals surface area contributed by atoms with Crippen molar-refractivity contribution >= 4 is 23.8 Å². The van der Waals surface area contributed by atoms with Crippen LogP contribution in [0.15, 0.2) is 35.5 Å². The lowest BCUT2D eigenvalue weighted by molar-refractivity contribution is 0.249. The van der Waals surface area contributed by atoms with Crippen molar-refractivity contribution in [2.75, 3.05) is 11.4 Å². The Bertz CT molecular complexity index is 417. The molecular formula is C11H12N3O3. The van der Waals surface area contributed by atoms with Crippen LogP contribution >= 0.6 is 0 Å². The SMILES string of the molecule is C/C(=N\O)N(C(=O)NC[C]=O)c1ccccc1. The first-order valence-electron chi connectivity index (χ1n) is 4.87. The van der Waals surface area contributed by atoms with Gasteiger partial charge in [-0.2, -0.15) is 0 Å². The van der Waals surface area contributed by atoms with Gasteiger partial charge in [-0.25, -0.2) is 9.69 Å². The lowest BCUT2D eigenvalue weighted by Gasteiger charge is -2.20. The number of nitrogens with zero attached hydrogens (tertiary/aromatic N) is 2. The maximum atomic E-state index is 11.7. The molecule has 0 fully saturated rings. The van der Waals surface area contributed by atoms with Gasteiger partial charge in [-0.3, -0.25) is 4.79 Å². The summed E-state index contributed by atoms with van der Waals surface area (Å²) in [5, 5.41) is 14.0. The molecule has 89 valence electrons. The number of hydrogen-bond donors (Lipinski definition) is 2. The van der Waals surface area contributed by atoms with E-state index in [0.29, 0.717) is 5.69 Å². The second-order valence-electron chi connectivity index (χ2n) is 3.12. The largest absolute Gasteiger partial charge is 0.409 e. The summed E-state index contributed by atoms with van der Waals surface area (Å²) in [7, 11) is 0. The van der Waals surface area contributed by atoms with Crippen LogP contribution in [0.2, 0.25) is 0 Å². The number of oxime groups is 1. The van der Waals surface area contributed by atoms with E-state index in [0.717, 1.165) is 4.90 Å². The summed E-state index contributed by atoms with van der Waals surface area (Å²) < 4.78 is 0. The van der Waals surface area contributed by atoms with Crippen molar-refractivity contribution in [3.8, 4) is 0 Å². The highest BCUT2D eigenvalue weighted by Gasteiger charge is 2.18. The Morgan fingerprint density at radius 1 is 1.47 bits per heavy atom. The van der Waals surface area contributed by atoms with E-state index in [1.807, 2.05) is 0 Å². The van der Waals surface area contributed by atoms with E-state index in [1.54, 1.807) is 36.6 Å². The Kier molecular flexibility index (Phi) is 4.68. The number of urea groups is 1. The topological polar surface area (TPSA) is 82.0 Å². The normalized spacial score (nSPS) is 10.8. The van der Waals surface area contributed by atoms with Gasteiger partial charge in [0.25, 0.3) is 0 Å².